The molecule has 0 aromatic heterocycles. The number of rotatable bonds is 5. The van der Waals surface area contributed by atoms with Crippen LogP contribution in [0.2, 0.25) is 0 Å². The number of piperazine rings is 1. The fraction of sp³-hybridized carbons (Fsp3) is 0.538. The molecule has 4 nitrogen and oxygen atoms in total. The molecule has 2 aromatic carbocycles. The van der Waals surface area contributed by atoms with Gasteiger partial charge in [-0.25, -0.2) is 0 Å². The zero-order valence-electron chi connectivity index (χ0n) is 19.0. The van der Waals surface area contributed by atoms with Gasteiger partial charge in [-0.3, -0.25) is 4.90 Å². The van der Waals surface area contributed by atoms with Crippen LogP contribution in [0.3, 0.4) is 0 Å². The number of fused-ring (bicyclic) bond motifs is 1. The van der Waals surface area contributed by atoms with Crippen molar-refractivity contribution < 1.29 is 9.84 Å². The predicted octanol–water partition coefficient (Wildman–Crippen LogP) is 4.61. The summed E-state index contributed by atoms with van der Waals surface area (Å²) >= 11 is 0. The molecular formula is C26H36N2O2. The van der Waals surface area contributed by atoms with E-state index in [9.17, 15) is 5.11 Å². The number of aromatic hydroxyl groups is 1. The lowest BCUT2D eigenvalue weighted by Gasteiger charge is -2.40. The summed E-state index contributed by atoms with van der Waals surface area (Å²) in [4.78, 5) is 5.15. The predicted molar refractivity (Wildman–Crippen MR) is 122 cm³/mol. The molecule has 1 N–H and O–H groups in total. The molecule has 2 aliphatic rings. The molecule has 162 valence electrons. The van der Waals surface area contributed by atoms with Crippen LogP contribution in [-0.2, 0) is 13.0 Å². The van der Waals surface area contributed by atoms with Crippen molar-refractivity contribution in [1.29, 1.82) is 0 Å². The Bertz CT molecular complexity index is 888. The van der Waals surface area contributed by atoms with Crippen molar-refractivity contribution in [1.82, 2.24) is 9.80 Å². The van der Waals surface area contributed by atoms with Gasteiger partial charge in [-0.2, -0.15) is 0 Å². The Labute approximate surface area is 181 Å². The Morgan fingerprint density at radius 2 is 1.60 bits per heavy atom. The molecular weight excluding hydrogens is 372 g/mol. The van der Waals surface area contributed by atoms with Crippen molar-refractivity contribution in [2.24, 2.45) is 0 Å². The monoisotopic (exact) mass is 408 g/mol. The summed E-state index contributed by atoms with van der Waals surface area (Å²) in [5.74, 6) is 1.45. The molecule has 0 aliphatic carbocycles. The second kappa shape index (κ2) is 8.60. The van der Waals surface area contributed by atoms with Gasteiger partial charge in [0.25, 0.3) is 0 Å². The standard InChI is InChI=1S/C26H36N2O2/c1-19-20(2)25-23(21(3)24(19)29)10-11-26(4,30-25)12-13-27-14-16-28(17-15-27)18-22-8-6-5-7-9-22/h5-9,29H,10-18H2,1-4H3. The maximum atomic E-state index is 10.4. The number of nitrogens with zero attached hydrogens (tertiary/aromatic N) is 2. The van der Waals surface area contributed by atoms with E-state index in [1.165, 1.54) is 11.1 Å². The number of hydrogen-bond acceptors (Lipinski definition) is 4. The second-order valence-corrected chi connectivity index (χ2v) is 9.44. The number of phenolic OH excluding ortho intramolecular Hbond substituents is 1. The summed E-state index contributed by atoms with van der Waals surface area (Å²) in [6, 6.07) is 10.8. The average molecular weight is 409 g/mol. The molecule has 2 aromatic rings. The Kier molecular flexibility index (Phi) is 6.08. The first-order valence-electron chi connectivity index (χ1n) is 11.4. The van der Waals surface area contributed by atoms with Gasteiger partial charge >= 0.3 is 0 Å². The first-order valence-corrected chi connectivity index (χ1v) is 11.4. The zero-order valence-corrected chi connectivity index (χ0v) is 19.0. The quantitative estimate of drug-likeness (QED) is 0.784. The Balaban J connectivity index is 1.32. The molecule has 1 saturated heterocycles. The van der Waals surface area contributed by atoms with Crippen molar-refractivity contribution in [3.05, 3.63) is 58.1 Å². The van der Waals surface area contributed by atoms with E-state index in [2.05, 4.69) is 54.0 Å². The number of benzene rings is 2. The summed E-state index contributed by atoms with van der Waals surface area (Å²) < 4.78 is 6.61. The molecule has 2 aliphatic heterocycles. The highest BCUT2D eigenvalue weighted by Gasteiger charge is 2.35. The van der Waals surface area contributed by atoms with Gasteiger partial charge < -0.3 is 14.7 Å². The third-order valence-electron chi connectivity index (χ3n) is 7.26. The van der Waals surface area contributed by atoms with Crippen LogP contribution >= 0.6 is 0 Å². The van der Waals surface area contributed by atoms with Crippen molar-refractivity contribution in [2.45, 2.75) is 59.1 Å². The van der Waals surface area contributed by atoms with Crippen LogP contribution in [0.5, 0.6) is 11.5 Å². The molecule has 2 heterocycles. The van der Waals surface area contributed by atoms with E-state index < -0.39 is 0 Å². The maximum absolute atomic E-state index is 10.4. The lowest BCUT2D eigenvalue weighted by molar-refractivity contribution is 0.0351. The summed E-state index contributed by atoms with van der Waals surface area (Å²) in [6.45, 7) is 15.0. The topological polar surface area (TPSA) is 35.9 Å². The van der Waals surface area contributed by atoms with Crippen molar-refractivity contribution in [3.63, 3.8) is 0 Å². The third-order valence-corrected chi connectivity index (χ3v) is 7.26. The minimum Gasteiger partial charge on any atom is -0.507 e. The largest absolute Gasteiger partial charge is 0.507 e. The highest BCUT2D eigenvalue weighted by molar-refractivity contribution is 5.58. The van der Waals surface area contributed by atoms with Gasteiger partial charge in [-0.05, 0) is 69.2 Å². The summed E-state index contributed by atoms with van der Waals surface area (Å²) in [5.41, 5.74) is 5.50. The molecule has 4 rings (SSSR count). The van der Waals surface area contributed by atoms with Crippen molar-refractivity contribution in [2.75, 3.05) is 32.7 Å². The summed E-state index contributed by atoms with van der Waals surface area (Å²) in [6.07, 6.45) is 3.04. The third kappa shape index (κ3) is 4.35. The van der Waals surface area contributed by atoms with E-state index in [0.717, 1.165) is 81.0 Å². The Morgan fingerprint density at radius 1 is 0.933 bits per heavy atom. The van der Waals surface area contributed by atoms with Crippen LogP contribution in [0.4, 0.5) is 0 Å². The summed E-state index contributed by atoms with van der Waals surface area (Å²) in [5, 5.41) is 10.4. The number of phenols is 1. The highest BCUT2D eigenvalue weighted by atomic mass is 16.5. The van der Waals surface area contributed by atoms with E-state index in [1.807, 2.05) is 13.8 Å². The van der Waals surface area contributed by atoms with Crippen LogP contribution in [0, 0.1) is 20.8 Å². The van der Waals surface area contributed by atoms with Gasteiger partial charge in [0.05, 0.1) is 0 Å². The van der Waals surface area contributed by atoms with Gasteiger partial charge in [-0.15, -0.1) is 0 Å². The molecule has 0 saturated carbocycles. The van der Waals surface area contributed by atoms with Crippen LogP contribution < -0.4 is 4.74 Å². The van der Waals surface area contributed by atoms with Gasteiger partial charge in [0.15, 0.2) is 0 Å². The van der Waals surface area contributed by atoms with E-state index in [-0.39, 0.29) is 5.60 Å². The zero-order chi connectivity index (χ0) is 21.3. The van der Waals surface area contributed by atoms with Gasteiger partial charge in [-0.1, -0.05) is 30.3 Å². The molecule has 0 amide bonds. The first-order chi connectivity index (χ1) is 14.4. The molecule has 4 heteroatoms. The van der Waals surface area contributed by atoms with Gasteiger partial charge in [0.2, 0.25) is 0 Å². The van der Waals surface area contributed by atoms with E-state index in [4.69, 9.17) is 4.74 Å². The molecule has 0 radical (unpaired) electrons. The molecule has 1 unspecified atom stereocenters. The maximum Gasteiger partial charge on any atom is 0.127 e. The fourth-order valence-corrected chi connectivity index (χ4v) is 4.88. The lowest BCUT2D eigenvalue weighted by Crippen LogP contribution is -2.48. The minimum absolute atomic E-state index is 0.130. The van der Waals surface area contributed by atoms with Crippen molar-refractivity contribution in [3.8, 4) is 11.5 Å². The normalized spacial score (nSPS) is 22.5. The minimum atomic E-state index is -0.130. The van der Waals surface area contributed by atoms with Crippen LogP contribution in [-0.4, -0.2) is 53.2 Å². The Hall–Kier alpha value is -2.04. The van der Waals surface area contributed by atoms with Crippen LogP contribution in [0.15, 0.2) is 30.3 Å². The lowest BCUT2D eigenvalue weighted by atomic mass is 9.85. The van der Waals surface area contributed by atoms with E-state index in [0.29, 0.717) is 5.75 Å². The first kappa shape index (κ1) is 21.2. The fourth-order valence-electron chi connectivity index (χ4n) is 4.88. The van der Waals surface area contributed by atoms with Crippen LogP contribution in [0.25, 0.3) is 0 Å². The SMILES string of the molecule is Cc1c(C)c2c(c(C)c1O)CCC(C)(CCN1CCN(Cc3ccccc3)CC1)O2. The molecule has 1 atom stereocenters. The molecule has 0 bridgehead atoms. The summed E-state index contributed by atoms with van der Waals surface area (Å²) in [7, 11) is 0. The number of ether oxygens (including phenoxy) is 1. The van der Waals surface area contributed by atoms with E-state index in [1.54, 1.807) is 0 Å². The average Bonchev–Trinajstić information content (AvgIpc) is 2.76. The van der Waals surface area contributed by atoms with Crippen molar-refractivity contribution >= 4 is 0 Å². The second-order valence-electron chi connectivity index (χ2n) is 9.44. The van der Waals surface area contributed by atoms with Crippen LogP contribution in [0.1, 0.15) is 47.6 Å². The van der Waals surface area contributed by atoms with Gasteiger partial charge in [0.1, 0.15) is 17.1 Å². The molecule has 0 spiro atoms. The van der Waals surface area contributed by atoms with E-state index >= 15 is 0 Å². The van der Waals surface area contributed by atoms with Gasteiger partial charge in [0, 0.05) is 44.8 Å². The smallest absolute Gasteiger partial charge is 0.127 e. The molecule has 30 heavy (non-hydrogen) atoms. The highest BCUT2D eigenvalue weighted by Crippen LogP contribution is 2.44. The Morgan fingerprint density at radius 3 is 2.30 bits per heavy atom. The number of hydrogen-bond donors (Lipinski definition) is 1. The molecule has 1 fully saturated rings.